The summed E-state index contributed by atoms with van der Waals surface area (Å²) >= 11 is 0. The van der Waals surface area contributed by atoms with Crippen molar-refractivity contribution in [3.8, 4) is 0 Å². The van der Waals surface area contributed by atoms with Gasteiger partial charge in [-0.1, -0.05) is 0 Å². The smallest absolute Gasteiger partial charge is 0.335 e. The highest BCUT2D eigenvalue weighted by molar-refractivity contribution is 5.74. The van der Waals surface area contributed by atoms with E-state index in [1.54, 1.807) is 32.3 Å². The highest BCUT2D eigenvalue weighted by atomic mass is 16.6. The maximum atomic E-state index is 11.2. The van der Waals surface area contributed by atoms with Crippen LogP contribution in [0.4, 0.5) is 0 Å². The molecule has 1 aromatic rings. The van der Waals surface area contributed by atoms with E-state index in [1.165, 1.54) is 0 Å². The van der Waals surface area contributed by atoms with Gasteiger partial charge in [0.25, 0.3) is 0 Å². The molecule has 1 heterocycles. The van der Waals surface area contributed by atoms with Crippen molar-refractivity contribution in [2.45, 2.75) is 32.5 Å². The van der Waals surface area contributed by atoms with Gasteiger partial charge in [0.15, 0.2) is 6.10 Å². The third-order valence-electron chi connectivity index (χ3n) is 1.62. The van der Waals surface area contributed by atoms with Gasteiger partial charge in [-0.05, 0) is 19.9 Å². The molecule has 82 valence electrons. The molecule has 0 spiro atoms. The molecule has 5 heteroatoms. The lowest BCUT2D eigenvalue weighted by Gasteiger charge is -2.11. The number of nitrogens with zero attached hydrogens (tertiary/aromatic N) is 2. The maximum absolute atomic E-state index is 11.2. The molecule has 1 rings (SSSR count). The van der Waals surface area contributed by atoms with Crippen molar-refractivity contribution in [1.82, 2.24) is 9.97 Å². The fraction of sp³-hybridized carbons (Fsp3) is 0.500. The molecule has 0 aliphatic heterocycles. The minimum Gasteiger partial charge on any atom is -0.461 e. The third kappa shape index (κ3) is 4.03. The summed E-state index contributed by atoms with van der Waals surface area (Å²) in [7, 11) is 0. The topological polar surface area (TPSA) is 72.3 Å². The van der Waals surface area contributed by atoms with Crippen LogP contribution in [0.2, 0.25) is 0 Å². The van der Waals surface area contributed by atoms with Gasteiger partial charge in [-0.2, -0.15) is 0 Å². The maximum Gasteiger partial charge on any atom is 0.335 e. The normalized spacial score (nSPS) is 12.5. The number of aliphatic hydroxyl groups is 1. The van der Waals surface area contributed by atoms with Crippen LogP contribution < -0.4 is 0 Å². The van der Waals surface area contributed by atoms with Crippen LogP contribution in [0.5, 0.6) is 0 Å². The quantitative estimate of drug-likeness (QED) is 0.725. The summed E-state index contributed by atoms with van der Waals surface area (Å²) in [4.78, 5) is 19.0. The molecule has 0 radical (unpaired) electrons. The van der Waals surface area contributed by atoms with Gasteiger partial charge in [0.1, 0.15) is 5.82 Å². The van der Waals surface area contributed by atoms with E-state index in [0.717, 1.165) is 0 Å². The molecule has 0 aliphatic carbocycles. The zero-order chi connectivity index (χ0) is 11.3. The van der Waals surface area contributed by atoms with Crippen molar-refractivity contribution in [3.05, 3.63) is 24.3 Å². The molecule has 0 bridgehead atoms. The second-order valence-corrected chi connectivity index (χ2v) is 3.37. The Bertz CT molecular complexity index is 314. The first-order valence-corrected chi connectivity index (χ1v) is 4.74. The number of hydrogen-bond acceptors (Lipinski definition) is 5. The summed E-state index contributed by atoms with van der Waals surface area (Å²) in [6, 6.07) is 1.67. The molecule has 1 aromatic heterocycles. The van der Waals surface area contributed by atoms with Crippen molar-refractivity contribution in [2.75, 3.05) is 0 Å². The van der Waals surface area contributed by atoms with E-state index in [1.807, 2.05) is 0 Å². The summed E-state index contributed by atoms with van der Waals surface area (Å²) in [6.07, 6.45) is 1.76. The number of esters is 1. The van der Waals surface area contributed by atoms with E-state index < -0.39 is 12.1 Å². The van der Waals surface area contributed by atoms with E-state index in [9.17, 15) is 9.90 Å². The molecule has 0 fully saturated rings. The van der Waals surface area contributed by atoms with Crippen LogP contribution >= 0.6 is 0 Å². The molecule has 0 saturated heterocycles. The summed E-state index contributed by atoms with van der Waals surface area (Å²) in [6.45, 7) is 3.45. The fourth-order valence-corrected chi connectivity index (χ4v) is 1.00. The van der Waals surface area contributed by atoms with Gasteiger partial charge in [0, 0.05) is 18.8 Å². The lowest BCUT2D eigenvalue weighted by molar-refractivity contribution is -0.157. The minimum atomic E-state index is -1.20. The molecule has 15 heavy (non-hydrogen) atoms. The van der Waals surface area contributed by atoms with Gasteiger partial charge in [-0.25, -0.2) is 14.8 Å². The Morgan fingerprint density at radius 3 is 2.60 bits per heavy atom. The predicted octanol–water partition coefficient (Wildman–Crippen LogP) is 0.332. The van der Waals surface area contributed by atoms with E-state index in [0.29, 0.717) is 5.82 Å². The first-order chi connectivity index (χ1) is 7.09. The monoisotopic (exact) mass is 210 g/mol. The van der Waals surface area contributed by atoms with Crippen molar-refractivity contribution >= 4 is 5.97 Å². The Balaban J connectivity index is 2.49. The molecule has 0 aromatic carbocycles. The van der Waals surface area contributed by atoms with Crippen molar-refractivity contribution in [1.29, 1.82) is 0 Å². The van der Waals surface area contributed by atoms with Gasteiger partial charge >= 0.3 is 5.97 Å². The average molecular weight is 210 g/mol. The third-order valence-corrected chi connectivity index (χ3v) is 1.62. The predicted molar refractivity (Wildman–Crippen MR) is 53.0 cm³/mol. The number of aromatic nitrogens is 2. The fourth-order valence-electron chi connectivity index (χ4n) is 1.00. The molecule has 5 nitrogen and oxygen atoms in total. The molecule has 0 saturated carbocycles. The van der Waals surface area contributed by atoms with Crippen LogP contribution in [-0.4, -0.2) is 33.3 Å². The van der Waals surface area contributed by atoms with E-state index in [-0.39, 0.29) is 12.5 Å². The number of hydrogen-bond donors (Lipinski definition) is 1. The molecule has 1 unspecified atom stereocenters. The van der Waals surface area contributed by atoms with Crippen molar-refractivity contribution < 1.29 is 14.6 Å². The number of carbonyl (C=O) groups is 1. The highest BCUT2D eigenvalue weighted by Crippen LogP contribution is 2.00. The molecular formula is C10H14N2O3. The second-order valence-electron chi connectivity index (χ2n) is 3.37. The Morgan fingerprint density at radius 1 is 1.47 bits per heavy atom. The van der Waals surface area contributed by atoms with Gasteiger partial charge in [0.2, 0.25) is 0 Å². The largest absolute Gasteiger partial charge is 0.461 e. The Kier molecular flexibility index (Phi) is 4.17. The number of carbonyl (C=O) groups excluding carboxylic acids is 1. The molecular weight excluding hydrogens is 196 g/mol. The summed E-state index contributed by atoms with van der Waals surface area (Å²) in [5, 5.41) is 9.47. The zero-order valence-electron chi connectivity index (χ0n) is 8.75. The minimum absolute atomic E-state index is 0.0758. The van der Waals surface area contributed by atoms with Crippen LogP contribution in [0, 0.1) is 0 Å². The molecule has 1 N–H and O–H groups in total. The molecule has 1 atom stereocenters. The van der Waals surface area contributed by atoms with E-state index in [2.05, 4.69) is 9.97 Å². The SMILES string of the molecule is CC(C)OC(=O)C(O)Cc1ncccn1. The van der Waals surface area contributed by atoms with Gasteiger partial charge in [-0.3, -0.25) is 0 Å². The zero-order valence-corrected chi connectivity index (χ0v) is 8.75. The lowest BCUT2D eigenvalue weighted by Crippen LogP contribution is -2.28. The van der Waals surface area contributed by atoms with Crippen LogP contribution in [-0.2, 0) is 16.0 Å². The highest BCUT2D eigenvalue weighted by Gasteiger charge is 2.19. The first-order valence-electron chi connectivity index (χ1n) is 4.74. The number of ether oxygens (including phenoxy) is 1. The Morgan fingerprint density at radius 2 is 2.07 bits per heavy atom. The lowest BCUT2D eigenvalue weighted by atomic mass is 10.2. The van der Waals surface area contributed by atoms with Crippen molar-refractivity contribution in [3.63, 3.8) is 0 Å². The number of aliphatic hydroxyl groups excluding tert-OH is 1. The second kappa shape index (κ2) is 5.41. The van der Waals surface area contributed by atoms with Crippen LogP contribution in [0.3, 0.4) is 0 Å². The Hall–Kier alpha value is -1.49. The summed E-state index contributed by atoms with van der Waals surface area (Å²) < 4.78 is 4.84. The Labute approximate surface area is 88.1 Å². The van der Waals surface area contributed by atoms with Gasteiger partial charge in [-0.15, -0.1) is 0 Å². The summed E-state index contributed by atoms with van der Waals surface area (Å²) in [5.74, 6) is -0.219. The van der Waals surface area contributed by atoms with Gasteiger partial charge in [0.05, 0.1) is 6.10 Å². The standard InChI is InChI=1S/C10H14N2O3/c1-7(2)15-10(14)8(13)6-9-11-4-3-5-12-9/h3-5,7-8,13H,6H2,1-2H3. The van der Waals surface area contributed by atoms with Crippen LogP contribution in [0.1, 0.15) is 19.7 Å². The van der Waals surface area contributed by atoms with Crippen molar-refractivity contribution in [2.24, 2.45) is 0 Å². The average Bonchev–Trinajstić information content (AvgIpc) is 2.18. The first kappa shape index (κ1) is 11.6. The van der Waals surface area contributed by atoms with Crippen LogP contribution in [0.25, 0.3) is 0 Å². The van der Waals surface area contributed by atoms with Gasteiger partial charge < -0.3 is 9.84 Å². The van der Waals surface area contributed by atoms with E-state index >= 15 is 0 Å². The molecule has 0 amide bonds. The summed E-state index contributed by atoms with van der Waals surface area (Å²) in [5.41, 5.74) is 0. The van der Waals surface area contributed by atoms with Crippen LogP contribution in [0.15, 0.2) is 18.5 Å². The van der Waals surface area contributed by atoms with E-state index in [4.69, 9.17) is 4.74 Å². The molecule has 0 aliphatic rings. The number of rotatable bonds is 4.